The molecule has 6 rings (SSSR count). The lowest BCUT2D eigenvalue weighted by molar-refractivity contribution is -0.214. The second-order valence-electron chi connectivity index (χ2n) is 10.9. The maximum Gasteiger partial charge on any atom is 0.331 e. The number of aliphatic hydroxyl groups excluding tert-OH is 1. The molecule has 0 aromatic carbocycles. The molecule has 158 valence electrons. The molecule has 0 aromatic rings. The van der Waals surface area contributed by atoms with Crippen molar-refractivity contribution < 1.29 is 29.3 Å². The minimum absolute atomic E-state index is 0.0221. The summed E-state index contributed by atoms with van der Waals surface area (Å²) in [5.41, 5.74) is -1.42. The fourth-order valence-corrected chi connectivity index (χ4v) is 8.96. The summed E-state index contributed by atoms with van der Waals surface area (Å²) >= 11 is 0. The summed E-state index contributed by atoms with van der Waals surface area (Å²) in [6.45, 7) is 2.71. The Morgan fingerprint density at radius 3 is 2.62 bits per heavy atom. The summed E-state index contributed by atoms with van der Waals surface area (Å²) in [5, 5.41) is 21.8. The first-order chi connectivity index (χ1) is 13.8. The van der Waals surface area contributed by atoms with Crippen molar-refractivity contribution in [3.05, 3.63) is 11.6 Å². The average molecular weight is 402 g/mol. The van der Waals surface area contributed by atoms with Gasteiger partial charge in [0, 0.05) is 24.3 Å². The Bertz CT molecular complexity index is 835. The van der Waals surface area contributed by atoms with Crippen molar-refractivity contribution in [3.8, 4) is 0 Å². The predicted octanol–water partition coefficient (Wildman–Crippen LogP) is 2.26. The first-order valence-electron chi connectivity index (χ1n) is 11.3. The SMILES string of the molecule is C[C@]12CC[C@H]3[C@@]4(CC[C@]5(O)C[C@H](O)CC[C@]35C(=O)O4)[C@@H]1CC[C@@H]2C1=CC(=O)OC1. The monoisotopic (exact) mass is 402 g/mol. The van der Waals surface area contributed by atoms with Crippen LogP contribution in [0, 0.1) is 28.6 Å². The van der Waals surface area contributed by atoms with Crippen LogP contribution in [0.2, 0.25) is 0 Å². The molecule has 2 bridgehead atoms. The quantitative estimate of drug-likeness (QED) is 0.654. The largest absolute Gasteiger partial charge is 0.458 e. The van der Waals surface area contributed by atoms with Crippen molar-refractivity contribution in [1.82, 2.24) is 0 Å². The third-order valence-corrected chi connectivity index (χ3v) is 10.1. The highest BCUT2D eigenvalue weighted by atomic mass is 16.6. The summed E-state index contributed by atoms with van der Waals surface area (Å²) in [4.78, 5) is 25.1. The fourth-order valence-electron chi connectivity index (χ4n) is 8.96. The highest BCUT2D eigenvalue weighted by Crippen LogP contribution is 2.74. The summed E-state index contributed by atoms with van der Waals surface area (Å²) in [6, 6.07) is 0. The number of esters is 2. The van der Waals surface area contributed by atoms with Crippen molar-refractivity contribution in [1.29, 1.82) is 0 Å². The Morgan fingerprint density at radius 1 is 1.03 bits per heavy atom. The van der Waals surface area contributed by atoms with Gasteiger partial charge in [0.05, 0.1) is 11.7 Å². The number of carbonyl (C=O) groups excluding carboxylic acids is 2. The van der Waals surface area contributed by atoms with Gasteiger partial charge in [-0.05, 0) is 68.3 Å². The number of hydrogen-bond acceptors (Lipinski definition) is 6. The molecule has 4 aliphatic carbocycles. The van der Waals surface area contributed by atoms with E-state index in [4.69, 9.17) is 9.47 Å². The van der Waals surface area contributed by atoms with Crippen LogP contribution in [0.25, 0.3) is 0 Å². The lowest BCUT2D eigenvalue weighted by Gasteiger charge is -2.61. The molecule has 2 aliphatic heterocycles. The molecule has 4 saturated carbocycles. The van der Waals surface area contributed by atoms with Crippen LogP contribution in [0.1, 0.15) is 64.7 Å². The van der Waals surface area contributed by atoms with Gasteiger partial charge in [0.2, 0.25) is 0 Å². The summed E-state index contributed by atoms with van der Waals surface area (Å²) in [6.07, 6.45) is 7.49. The molecule has 2 heterocycles. The van der Waals surface area contributed by atoms with Gasteiger partial charge in [-0.1, -0.05) is 6.92 Å². The molecule has 0 unspecified atom stereocenters. The average Bonchev–Trinajstić information content (AvgIpc) is 3.29. The Balaban J connectivity index is 1.41. The van der Waals surface area contributed by atoms with Crippen molar-refractivity contribution in [2.75, 3.05) is 6.61 Å². The molecule has 0 radical (unpaired) electrons. The van der Waals surface area contributed by atoms with Crippen molar-refractivity contribution >= 4 is 11.9 Å². The first kappa shape index (κ1) is 18.4. The van der Waals surface area contributed by atoms with Crippen molar-refractivity contribution in [3.63, 3.8) is 0 Å². The minimum Gasteiger partial charge on any atom is -0.458 e. The summed E-state index contributed by atoms with van der Waals surface area (Å²) in [5.74, 6) is 0.101. The second-order valence-corrected chi connectivity index (χ2v) is 10.9. The molecule has 5 fully saturated rings. The van der Waals surface area contributed by atoms with Crippen LogP contribution < -0.4 is 0 Å². The maximum absolute atomic E-state index is 13.4. The van der Waals surface area contributed by atoms with Gasteiger partial charge in [-0.2, -0.15) is 0 Å². The lowest BCUT2D eigenvalue weighted by atomic mass is 9.42. The Morgan fingerprint density at radius 2 is 1.86 bits per heavy atom. The van der Waals surface area contributed by atoms with Gasteiger partial charge in [0.1, 0.15) is 17.6 Å². The summed E-state index contributed by atoms with van der Waals surface area (Å²) < 4.78 is 11.6. The number of aliphatic hydroxyl groups is 2. The number of carbonyl (C=O) groups is 2. The van der Waals surface area contributed by atoms with E-state index in [9.17, 15) is 19.8 Å². The van der Waals surface area contributed by atoms with Crippen LogP contribution in [-0.4, -0.2) is 46.1 Å². The minimum atomic E-state index is -1.15. The zero-order valence-electron chi connectivity index (χ0n) is 17.0. The smallest absolute Gasteiger partial charge is 0.331 e. The molecule has 6 heteroatoms. The van der Waals surface area contributed by atoms with Gasteiger partial charge in [-0.15, -0.1) is 0 Å². The van der Waals surface area contributed by atoms with E-state index in [1.165, 1.54) is 0 Å². The highest BCUT2D eigenvalue weighted by molar-refractivity contribution is 5.85. The van der Waals surface area contributed by atoms with Gasteiger partial charge in [0.25, 0.3) is 0 Å². The van der Waals surface area contributed by atoms with Crippen LogP contribution in [0.4, 0.5) is 0 Å². The fraction of sp³-hybridized carbons (Fsp3) is 0.826. The predicted molar refractivity (Wildman–Crippen MR) is 101 cm³/mol. The molecule has 0 amide bonds. The number of fused-ring (bicyclic) bond motifs is 1. The van der Waals surface area contributed by atoms with Crippen LogP contribution >= 0.6 is 0 Å². The van der Waals surface area contributed by atoms with E-state index in [0.29, 0.717) is 38.2 Å². The Kier molecular flexibility index (Phi) is 3.45. The van der Waals surface area contributed by atoms with Gasteiger partial charge >= 0.3 is 11.9 Å². The van der Waals surface area contributed by atoms with E-state index in [1.807, 2.05) is 0 Å². The molecular formula is C23H30O6. The molecule has 29 heavy (non-hydrogen) atoms. The Labute approximate surface area is 170 Å². The van der Waals surface area contributed by atoms with Crippen LogP contribution in [0.15, 0.2) is 11.6 Å². The molecule has 1 saturated heterocycles. The van der Waals surface area contributed by atoms with E-state index in [1.54, 1.807) is 6.08 Å². The molecule has 0 aromatic heterocycles. The van der Waals surface area contributed by atoms with E-state index < -0.39 is 22.7 Å². The number of rotatable bonds is 1. The second kappa shape index (κ2) is 5.44. The van der Waals surface area contributed by atoms with Gasteiger partial charge in [-0.25, -0.2) is 4.79 Å². The third kappa shape index (κ3) is 1.96. The van der Waals surface area contributed by atoms with Crippen LogP contribution in [0.3, 0.4) is 0 Å². The molecule has 8 atom stereocenters. The Hall–Kier alpha value is -1.40. The maximum atomic E-state index is 13.4. The lowest BCUT2D eigenvalue weighted by Crippen LogP contribution is -2.67. The topological polar surface area (TPSA) is 93.1 Å². The summed E-state index contributed by atoms with van der Waals surface area (Å²) in [7, 11) is 0. The standard InChI is InChI=1S/C23H30O6/c1-20-6-5-17-22-7-4-14(24)11-21(22,27)8-9-23(17,29-19(22)26)16(20)3-2-15(20)13-10-18(25)28-12-13/h10,14-17,24,27H,2-9,11-12H2,1H3/t14-,15-,16-,17-,20-,21+,22-,23-/m1/s1. The number of hydrogen-bond donors (Lipinski definition) is 2. The van der Waals surface area contributed by atoms with E-state index in [2.05, 4.69) is 6.92 Å². The van der Waals surface area contributed by atoms with Crippen molar-refractivity contribution in [2.45, 2.75) is 82.0 Å². The van der Waals surface area contributed by atoms with Gasteiger partial charge < -0.3 is 19.7 Å². The molecular weight excluding hydrogens is 372 g/mol. The number of ether oxygens (including phenoxy) is 2. The van der Waals surface area contributed by atoms with E-state index >= 15 is 0 Å². The van der Waals surface area contributed by atoms with Crippen LogP contribution in [0.5, 0.6) is 0 Å². The van der Waals surface area contributed by atoms with Crippen molar-refractivity contribution in [2.24, 2.45) is 28.6 Å². The van der Waals surface area contributed by atoms with Gasteiger partial charge in [0.15, 0.2) is 0 Å². The van der Waals surface area contributed by atoms with Crippen LogP contribution in [-0.2, 0) is 19.1 Å². The third-order valence-electron chi connectivity index (χ3n) is 10.1. The normalized spacial score (nSPS) is 55.5. The molecule has 2 N–H and O–H groups in total. The zero-order valence-corrected chi connectivity index (χ0v) is 17.0. The first-order valence-corrected chi connectivity index (χ1v) is 11.3. The van der Waals surface area contributed by atoms with E-state index in [-0.39, 0.29) is 35.6 Å². The highest BCUT2D eigenvalue weighted by Gasteiger charge is 2.80. The molecule has 1 spiro atoms. The zero-order chi connectivity index (χ0) is 20.2. The molecule has 6 aliphatic rings. The van der Waals surface area contributed by atoms with E-state index in [0.717, 1.165) is 31.3 Å². The van der Waals surface area contributed by atoms with Gasteiger partial charge in [-0.3, -0.25) is 4.79 Å². The number of cyclic esters (lactones) is 1. The molecule has 6 nitrogen and oxygen atoms in total.